The summed E-state index contributed by atoms with van der Waals surface area (Å²) in [7, 11) is 1.58. The largest absolute Gasteiger partial charge is 0.497 e. The minimum atomic E-state index is -0.413. The normalized spacial score (nSPS) is 11.9. The highest BCUT2D eigenvalue weighted by atomic mass is 19.1. The molecule has 0 radical (unpaired) electrons. The Hall–Kier alpha value is -4.33. The molecule has 0 aliphatic carbocycles. The van der Waals surface area contributed by atoms with Crippen LogP contribution in [0.4, 0.5) is 4.39 Å². The Kier molecular flexibility index (Phi) is 5.40. The molecule has 1 amide bonds. The molecule has 4 aromatic rings. The number of aromatic nitrogens is 2. The number of halogens is 1. The third-order valence-electron chi connectivity index (χ3n) is 5.30. The third-order valence-corrected chi connectivity index (χ3v) is 5.30. The average molecular weight is 445 g/mol. The van der Waals surface area contributed by atoms with Gasteiger partial charge in [0.2, 0.25) is 6.79 Å². The maximum absolute atomic E-state index is 14.4. The molecule has 0 saturated heterocycles. The number of rotatable bonds is 6. The average Bonchev–Trinajstić information content (AvgIpc) is 3.50. The summed E-state index contributed by atoms with van der Waals surface area (Å²) in [6.07, 6.45) is 0. The van der Waals surface area contributed by atoms with Crippen molar-refractivity contribution in [1.82, 2.24) is 15.1 Å². The quantitative estimate of drug-likeness (QED) is 0.478. The van der Waals surface area contributed by atoms with Gasteiger partial charge in [-0.2, -0.15) is 5.10 Å². The lowest BCUT2D eigenvalue weighted by atomic mass is 10.1. The molecule has 0 fully saturated rings. The summed E-state index contributed by atoms with van der Waals surface area (Å²) < 4.78 is 31.8. The van der Waals surface area contributed by atoms with Crippen molar-refractivity contribution < 1.29 is 23.4 Å². The van der Waals surface area contributed by atoms with Crippen LogP contribution in [0.5, 0.6) is 17.2 Å². The number of nitrogens with one attached hydrogen (secondary N) is 1. The number of hydrogen-bond acceptors (Lipinski definition) is 5. The molecule has 166 valence electrons. The monoisotopic (exact) mass is 445 g/mol. The van der Waals surface area contributed by atoms with E-state index >= 15 is 0 Å². The van der Waals surface area contributed by atoms with Crippen molar-refractivity contribution in [3.63, 3.8) is 0 Å². The number of carbonyl (C=O) groups excluding carboxylic acids is 1. The first-order valence-corrected chi connectivity index (χ1v) is 10.3. The second kappa shape index (κ2) is 8.66. The number of nitrogens with zero attached hydrogens (tertiary/aromatic N) is 2. The van der Waals surface area contributed by atoms with Crippen LogP contribution in [-0.4, -0.2) is 29.6 Å². The predicted octanol–water partition coefficient (Wildman–Crippen LogP) is 4.35. The SMILES string of the molecule is COc1ccc(-n2nc(-c3ccccc3F)cc2C(=O)NCc2ccc3c(c2)OCO3)cc1. The minimum absolute atomic E-state index is 0.186. The summed E-state index contributed by atoms with van der Waals surface area (Å²) in [5, 5.41) is 7.43. The fourth-order valence-corrected chi connectivity index (χ4v) is 3.59. The standard InChI is InChI=1S/C25H20FN3O4/c1-31-18-9-7-17(8-10-18)29-22(13-21(28-29)19-4-2-3-5-20(19)26)25(30)27-14-16-6-11-23-24(12-16)33-15-32-23/h2-13H,14-15H2,1H3,(H,27,30). The molecule has 0 unspecified atom stereocenters. The van der Waals surface area contributed by atoms with E-state index in [9.17, 15) is 9.18 Å². The van der Waals surface area contributed by atoms with Crippen molar-refractivity contribution in [1.29, 1.82) is 0 Å². The predicted molar refractivity (Wildman–Crippen MR) is 119 cm³/mol. The first kappa shape index (κ1) is 20.6. The van der Waals surface area contributed by atoms with Gasteiger partial charge in [0, 0.05) is 12.1 Å². The molecule has 2 heterocycles. The number of methoxy groups -OCH3 is 1. The zero-order valence-electron chi connectivity index (χ0n) is 17.7. The Morgan fingerprint density at radius 3 is 2.64 bits per heavy atom. The molecule has 0 atom stereocenters. The molecular formula is C25H20FN3O4. The van der Waals surface area contributed by atoms with Crippen molar-refractivity contribution >= 4 is 5.91 Å². The Morgan fingerprint density at radius 1 is 1.06 bits per heavy atom. The number of amides is 1. The van der Waals surface area contributed by atoms with E-state index in [4.69, 9.17) is 14.2 Å². The summed E-state index contributed by atoms with van der Waals surface area (Å²) in [5.74, 6) is 1.24. The smallest absolute Gasteiger partial charge is 0.270 e. The maximum Gasteiger partial charge on any atom is 0.270 e. The molecule has 0 saturated carbocycles. The van der Waals surface area contributed by atoms with Gasteiger partial charge in [0.15, 0.2) is 11.5 Å². The first-order valence-electron chi connectivity index (χ1n) is 10.3. The van der Waals surface area contributed by atoms with E-state index in [1.165, 1.54) is 10.7 Å². The number of hydrogen-bond donors (Lipinski definition) is 1. The van der Waals surface area contributed by atoms with Crippen molar-refractivity contribution in [2.75, 3.05) is 13.9 Å². The van der Waals surface area contributed by atoms with E-state index in [0.29, 0.717) is 34.2 Å². The Morgan fingerprint density at radius 2 is 1.85 bits per heavy atom. The molecule has 3 aromatic carbocycles. The summed E-state index contributed by atoms with van der Waals surface area (Å²) in [6, 6.07) is 20.5. The van der Waals surface area contributed by atoms with Gasteiger partial charge in [0.1, 0.15) is 17.3 Å². The minimum Gasteiger partial charge on any atom is -0.497 e. The zero-order chi connectivity index (χ0) is 22.8. The molecule has 7 nitrogen and oxygen atoms in total. The molecule has 1 aromatic heterocycles. The van der Waals surface area contributed by atoms with Crippen LogP contribution in [-0.2, 0) is 6.54 Å². The van der Waals surface area contributed by atoms with Crippen LogP contribution in [0.15, 0.2) is 72.8 Å². The number of benzene rings is 3. The van der Waals surface area contributed by atoms with Gasteiger partial charge in [0.05, 0.1) is 18.5 Å². The van der Waals surface area contributed by atoms with Crippen LogP contribution in [0.3, 0.4) is 0 Å². The second-order valence-corrected chi connectivity index (χ2v) is 7.37. The second-order valence-electron chi connectivity index (χ2n) is 7.37. The van der Waals surface area contributed by atoms with E-state index in [1.807, 2.05) is 18.2 Å². The fourth-order valence-electron chi connectivity index (χ4n) is 3.59. The first-order chi connectivity index (χ1) is 16.1. The van der Waals surface area contributed by atoms with Gasteiger partial charge in [-0.1, -0.05) is 18.2 Å². The van der Waals surface area contributed by atoms with Gasteiger partial charge in [-0.3, -0.25) is 4.79 Å². The highest BCUT2D eigenvalue weighted by Crippen LogP contribution is 2.32. The van der Waals surface area contributed by atoms with Crippen molar-refractivity contribution in [3.8, 4) is 34.2 Å². The van der Waals surface area contributed by atoms with Crippen LogP contribution >= 0.6 is 0 Å². The molecule has 8 heteroatoms. The molecule has 5 rings (SSSR count). The highest BCUT2D eigenvalue weighted by molar-refractivity contribution is 5.94. The van der Waals surface area contributed by atoms with Crippen LogP contribution in [0.2, 0.25) is 0 Å². The van der Waals surface area contributed by atoms with Crippen molar-refractivity contribution in [3.05, 3.63) is 89.9 Å². The van der Waals surface area contributed by atoms with Crippen LogP contribution in [0.25, 0.3) is 16.9 Å². The maximum atomic E-state index is 14.4. The number of carbonyl (C=O) groups is 1. The Labute approximate surface area is 189 Å². The van der Waals surface area contributed by atoms with E-state index < -0.39 is 5.82 Å². The van der Waals surface area contributed by atoms with Gasteiger partial charge in [-0.15, -0.1) is 0 Å². The Bertz CT molecular complexity index is 1320. The topological polar surface area (TPSA) is 74.6 Å². The van der Waals surface area contributed by atoms with Gasteiger partial charge in [-0.25, -0.2) is 9.07 Å². The molecule has 0 spiro atoms. The van der Waals surface area contributed by atoms with E-state index in [-0.39, 0.29) is 24.9 Å². The molecule has 1 aliphatic heterocycles. The van der Waals surface area contributed by atoms with Gasteiger partial charge >= 0.3 is 0 Å². The van der Waals surface area contributed by atoms with Crippen LogP contribution in [0.1, 0.15) is 16.1 Å². The van der Waals surface area contributed by atoms with Gasteiger partial charge in [0.25, 0.3) is 5.91 Å². The highest BCUT2D eigenvalue weighted by Gasteiger charge is 2.20. The molecule has 33 heavy (non-hydrogen) atoms. The summed E-state index contributed by atoms with van der Waals surface area (Å²) in [4.78, 5) is 13.2. The Balaban J connectivity index is 1.46. The molecule has 0 bridgehead atoms. The van der Waals surface area contributed by atoms with Crippen molar-refractivity contribution in [2.24, 2.45) is 0 Å². The number of ether oxygens (including phenoxy) is 3. The summed E-state index contributed by atoms with van der Waals surface area (Å²) in [6.45, 7) is 0.462. The van der Waals surface area contributed by atoms with Crippen LogP contribution in [0, 0.1) is 5.82 Å². The lowest BCUT2D eigenvalue weighted by Crippen LogP contribution is -2.25. The summed E-state index contributed by atoms with van der Waals surface area (Å²) >= 11 is 0. The molecule has 1 N–H and O–H groups in total. The third kappa shape index (κ3) is 4.10. The summed E-state index contributed by atoms with van der Waals surface area (Å²) in [5.41, 5.74) is 2.45. The zero-order valence-corrected chi connectivity index (χ0v) is 17.7. The van der Waals surface area contributed by atoms with E-state index in [0.717, 1.165) is 5.56 Å². The van der Waals surface area contributed by atoms with Gasteiger partial charge in [-0.05, 0) is 60.2 Å². The lowest BCUT2D eigenvalue weighted by molar-refractivity contribution is 0.0943. The van der Waals surface area contributed by atoms with E-state index in [1.54, 1.807) is 55.6 Å². The fraction of sp³-hybridized carbons (Fsp3) is 0.120. The number of fused-ring (bicyclic) bond motifs is 1. The molecule has 1 aliphatic rings. The van der Waals surface area contributed by atoms with E-state index in [2.05, 4.69) is 10.4 Å². The lowest BCUT2D eigenvalue weighted by Gasteiger charge is -2.09. The van der Waals surface area contributed by atoms with Crippen molar-refractivity contribution in [2.45, 2.75) is 6.54 Å². The van der Waals surface area contributed by atoms with Gasteiger partial charge < -0.3 is 19.5 Å². The van der Waals surface area contributed by atoms with Crippen LogP contribution < -0.4 is 19.5 Å². The molecular weight excluding hydrogens is 425 g/mol.